The van der Waals surface area contributed by atoms with Gasteiger partial charge in [0.15, 0.2) is 0 Å². The maximum absolute atomic E-state index is 14.0. The number of hydrogen-bond acceptors (Lipinski definition) is 5. The van der Waals surface area contributed by atoms with Gasteiger partial charge in [-0.2, -0.15) is 4.31 Å². The SMILES string of the molecule is CCN(C(C)c1nc2ccccc2c(=O)n1-c1ccc(OC)cc1)S(=O)(=O)c1c(C)cc(C)cc1C. The molecule has 0 aliphatic rings. The fourth-order valence-electron chi connectivity index (χ4n) is 4.88. The molecule has 1 atom stereocenters. The summed E-state index contributed by atoms with van der Waals surface area (Å²) in [5.74, 6) is 0.995. The Kier molecular flexibility index (Phi) is 7.02. The van der Waals surface area contributed by atoms with Crippen molar-refractivity contribution in [2.45, 2.75) is 45.6 Å². The van der Waals surface area contributed by atoms with E-state index in [0.29, 0.717) is 44.2 Å². The molecule has 7 nitrogen and oxygen atoms in total. The molecule has 0 spiro atoms. The van der Waals surface area contributed by atoms with Gasteiger partial charge in [-0.3, -0.25) is 9.36 Å². The van der Waals surface area contributed by atoms with E-state index in [1.54, 1.807) is 63.4 Å². The fourth-order valence-corrected chi connectivity index (χ4v) is 6.90. The lowest BCUT2D eigenvalue weighted by Crippen LogP contribution is -2.38. The first-order valence-electron chi connectivity index (χ1n) is 11.9. The number of aromatic nitrogens is 2. The summed E-state index contributed by atoms with van der Waals surface area (Å²) in [4.78, 5) is 18.8. The van der Waals surface area contributed by atoms with Gasteiger partial charge in [-0.25, -0.2) is 13.4 Å². The van der Waals surface area contributed by atoms with E-state index in [4.69, 9.17) is 9.72 Å². The topological polar surface area (TPSA) is 81.5 Å². The number of benzene rings is 3. The highest BCUT2D eigenvalue weighted by molar-refractivity contribution is 7.89. The summed E-state index contributed by atoms with van der Waals surface area (Å²) in [6.07, 6.45) is 0. The Labute approximate surface area is 212 Å². The molecule has 0 bridgehead atoms. The third kappa shape index (κ3) is 4.42. The Morgan fingerprint density at radius 2 is 1.61 bits per heavy atom. The van der Waals surface area contributed by atoms with Gasteiger partial charge in [0.2, 0.25) is 10.0 Å². The van der Waals surface area contributed by atoms with Gasteiger partial charge in [0.25, 0.3) is 5.56 Å². The van der Waals surface area contributed by atoms with Crippen molar-refractivity contribution >= 4 is 20.9 Å². The van der Waals surface area contributed by atoms with Crippen LogP contribution in [0.25, 0.3) is 16.6 Å². The second-order valence-electron chi connectivity index (χ2n) is 8.94. The first-order chi connectivity index (χ1) is 17.1. The molecule has 1 heterocycles. The fraction of sp³-hybridized carbons (Fsp3) is 0.286. The Hall–Kier alpha value is -3.49. The van der Waals surface area contributed by atoms with Crippen molar-refractivity contribution in [3.8, 4) is 11.4 Å². The van der Waals surface area contributed by atoms with E-state index in [1.165, 1.54) is 8.87 Å². The number of rotatable bonds is 7. The largest absolute Gasteiger partial charge is 0.497 e. The maximum Gasteiger partial charge on any atom is 0.266 e. The zero-order valence-corrected chi connectivity index (χ0v) is 22.3. The highest BCUT2D eigenvalue weighted by Gasteiger charge is 2.34. The van der Waals surface area contributed by atoms with Crippen LogP contribution in [0.3, 0.4) is 0 Å². The van der Waals surface area contributed by atoms with Crippen LogP contribution in [0.4, 0.5) is 0 Å². The minimum atomic E-state index is -3.89. The molecule has 0 N–H and O–H groups in total. The third-order valence-corrected chi connectivity index (χ3v) is 8.77. The van der Waals surface area contributed by atoms with Crippen LogP contribution in [0.15, 0.2) is 70.4 Å². The van der Waals surface area contributed by atoms with E-state index in [2.05, 4.69) is 0 Å². The highest BCUT2D eigenvalue weighted by Crippen LogP contribution is 2.32. The van der Waals surface area contributed by atoms with E-state index in [1.807, 2.05) is 39.0 Å². The molecule has 1 unspecified atom stereocenters. The molecule has 0 amide bonds. The van der Waals surface area contributed by atoms with Gasteiger partial charge in [-0.05, 0) is 75.2 Å². The molecule has 36 heavy (non-hydrogen) atoms. The number of fused-ring (bicyclic) bond motifs is 1. The van der Waals surface area contributed by atoms with Crippen LogP contribution in [0.5, 0.6) is 5.75 Å². The zero-order chi connectivity index (χ0) is 26.2. The number of hydrogen-bond donors (Lipinski definition) is 0. The Morgan fingerprint density at radius 3 is 2.19 bits per heavy atom. The summed E-state index contributed by atoms with van der Waals surface area (Å²) in [6, 6.07) is 17.2. The number of nitrogens with zero attached hydrogens (tertiary/aromatic N) is 3. The zero-order valence-electron chi connectivity index (χ0n) is 21.4. The summed E-state index contributed by atoms with van der Waals surface area (Å²) >= 11 is 0. The van der Waals surface area contributed by atoms with Gasteiger partial charge < -0.3 is 4.74 Å². The van der Waals surface area contributed by atoms with Crippen molar-refractivity contribution in [2.75, 3.05) is 13.7 Å². The lowest BCUT2D eigenvalue weighted by atomic mass is 10.1. The Morgan fingerprint density at radius 1 is 1.00 bits per heavy atom. The van der Waals surface area contributed by atoms with Crippen LogP contribution >= 0.6 is 0 Å². The first kappa shape index (κ1) is 25.6. The average molecular weight is 506 g/mol. The van der Waals surface area contributed by atoms with Gasteiger partial charge in [-0.1, -0.05) is 36.8 Å². The van der Waals surface area contributed by atoms with Gasteiger partial charge in [0.05, 0.1) is 34.6 Å². The number of methoxy groups -OCH3 is 1. The molecule has 0 aliphatic heterocycles. The Balaban J connectivity index is 1.95. The maximum atomic E-state index is 14.0. The first-order valence-corrected chi connectivity index (χ1v) is 13.3. The number of aryl methyl sites for hydroxylation is 3. The van der Waals surface area contributed by atoms with E-state index >= 15 is 0 Å². The lowest BCUT2D eigenvalue weighted by molar-refractivity contribution is 0.340. The molecule has 8 heteroatoms. The summed E-state index contributed by atoms with van der Waals surface area (Å²) < 4.78 is 36.2. The quantitative estimate of drug-likeness (QED) is 0.349. The average Bonchev–Trinajstić information content (AvgIpc) is 2.83. The van der Waals surface area contributed by atoms with E-state index in [9.17, 15) is 13.2 Å². The van der Waals surface area contributed by atoms with Crippen LogP contribution in [-0.4, -0.2) is 35.9 Å². The van der Waals surface area contributed by atoms with Gasteiger partial charge >= 0.3 is 0 Å². The van der Waals surface area contributed by atoms with Gasteiger partial charge in [0.1, 0.15) is 11.6 Å². The summed E-state index contributed by atoms with van der Waals surface area (Å²) in [7, 11) is -2.32. The number of sulfonamides is 1. The molecule has 4 aromatic rings. The van der Waals surface area contributed by atoms with Crippen LogP contribution < -0.4 is 10.3 Å². The Bertz CT molecular complexity index is 1570. The lowest BCUT2D eigenvalue weighted by Gasteiger charge is -2.30. The van der Waals surface area contributed by atoms with Gasteiger partial charge in [0, 0.05) is 6.54 Å². The molecule has 1 aromatic heterocycles. The van der Waals surface area contributed by atoms with Crippen molar-refractivity contribution < 1.29 is 13.2 Å². The van der Waals surface area contributed by atoms with Crippen LogP contribution in [0.2, 0.25) is 0 Å². The van der Waals surface area contributed by atoms with Crippen LogP contribution in [0, 0.1) is 20.8 Å². The van der Waals surface area contributed by atoms with Crippen molar-refractivity contribution in [2.24, 2.45) is 0 Å². The summed E-state index contributed by atoms with van der Waals surface area (Å²) in [6.45, 7) is 9.35. The van der Waals surface area contributed by atoms with Crippen LogP contribution in [0.1, 0.15) is 42.4 Å². The number of ether oxygens (including phenoxy) is 1. The minimum absolute atomic E-state index is 0.210. The molecule has 0 radical (unpaired) electrons. The van der Waals surface area contributed by atoms with Crippen molar-refractivity contribution in [1.29, 1.82) is 0 Å². The normalized spacial score (nSPS) is 12.8. The molecule has 188 valence electrons. The van der Waals surface area contributed by atoms with Crippen LogP contribution in [-0.2, 0) is 10.0 Å². The summed E-state index contributed by atoms with van der Waals surface area (Å²) in [5.41, 5.74) is 3.23. The molecule has 0 aliphatic carbocycles. The number of para-hydroxylation sites is 1. The molecular formula is C28H31N3O4S. The molecular weight excluding hydrogens is 474 g/mol. The van der Waals surface area contributed by atoms with E-state index in [-0.39, 0.29) is 12.1 Å². The molecule has 0 fully saturated rings. The molecule has 3 aromatic carbocycles. The monoisotopic (exact) mass is 505 g/mol. The molecule has 0 saturated heterocycles. The highest BCUT2D eigenvalue weighted by atomic mass is 32.2. The molecule has 0 saturated carbocycles. The second kappa shape index (κ2) is 9.87. The smallest absolute Gasteiger partial charge is 0.266 e. The molecule has 4 rings (SSSR count). The van der Waals surface area contributed by atoms with Crippen molar-refractivity contribution in [1.82, 2.24) is 13.9 Å². The van der Waals surface area contributed by atoms with Crippen molar-refractivity contribution in [3.63, 3.8) is 0 Å². The summed E-state index contributed by atoms with van der Waals surface area (Å²) in [5, 5.41) is 0.459. The predicted octanol–water partition coefficient (Wildman–Crippen LogP) is 5.09. The minimum Gasteiger partial charge on any atom is -0.497 e. The van der Waals surface area contributed by atoms with Gasteiger partial charge in [-0.15, -0.1) is 0 Å². The standard InChI is InChI=1S/C28H31N3O4S/c1-7-30(36(33,34)26-19(3)16-18(2)17-20(26)4)21(5)27-29-25-11-9-8-10-24(25)28(32)31(27)22-12-14-23(35-6)15-13-22/h8-17,21H,7H2,1-6H3. The van der Waals surface area contributed by atoms with E-state index in [0.717, 1.165) is 5.56 Å². The van der Waals surface area contributed by atoms with E-state index < -0.39 is 16.1 Å². The predicted molar refractivity (Wildman–Crippen MR) is 143 cm³/mol. The second-order valence-corrected chi connectivity index (χ2v) is 10.8. The third-order valence-electron chi connectivity index (χ3n) is 6.42. The van der Waals surface area contributed by atoms with Crippen molar-refractivity contribution in [3.05, 3.63) is 93.5 Å².